The Morgan fingerprint density at radius 2 is 1.74 bits per heavy atom. The fourth-order valence-electron chi connectivity index (χ4n) is 2.98. The fourth-order valence-corrected chi connectivity index (χ4v) is 2.98. The number of para-hydroxylation sites is 1. The fraction of sp³-hybridized carbons (Fsp3) is 0.190. The molecule has 3 aromatic rings. The minimum atomic E-state index is -0.449. The zero-order valence-corrected chi connectivity index (χ0v) is 15.7. The summed E-state index contributed by atoms with van der Waals surface area (Å²) in [7, 11) is 1.32. The molecule has 1 aromatic heterocycles. The highest BCUT2D eigenvalue weighted by molar-refractivity contribution is 6.06. The summed E-state index contributed by atoms with van der Waals surface area (Å²) < 4.78 is 6.50. The Hall–Kier alpha value is -3.41. The van der Waals surface area contributed by atoms with Crippen LogP contribution >= 0.6 is 0 Å². The van der Waals surface area contributed by atoms with Crippen molar-refractivity contribution in [1.29, 1.82) is 0 Å². The summed E-state index contributed by atoms with van der Waals surface area (Å²) in [5, 5.41) is 7.40. The molecule has 2 aromatic carbocycles. The standard InChI is InChI=1S/C21H21N3O3/c1-13-10-11-16(21(26)27-4)12-18(13)22-20(25)19-14(2)23-24(15(19)3)17-8-6-5-7-9-17/h5-12H,1-4H3,(H,22,25). The summed E-state index contributed by atoms with van der Waals surface area (Å²) >= 11 is 0. The maximum atomic E-state index is 12.9. The lowest BCUT2D eigenvalue weighted by molar-refractivity contribution is 0.0600. The van der Waals surface area contributed by atoms with E-state index in [-0.39, 0.29) is 5.91 Å². The minimum Gasteiger partial charge on any atom is -0.465 e. The molecule has 1 heterocycles. The summed E-state index contributed by atoms with van der Waals surface area (Å²) in [6, 6.07) is 14.7. The SMILES string of the molecule is COC(=O)c1ccc(C)c(NC(=O)c2c(C)nn(-c3ccccc3)c2C)c1. The number of hydrogen-bond acceptors (Lipinski definition) is 4. The molecule has 3 rings (SSSR count). The third-order valence-electron chi connectivity index (χ3n) is 4.43. The number of carbonyl (C=O) groups excluding carboxylic acids is 2. The van der Waals surface area contributed by atoms with Gasteiger partial charge in [0.2, 0.25) is 0 Å². The second-order valence-electron chi connectivity index (χ2n) is 6.27. The predicted molar refractivity (Wildman–Crippen MR) is 104 cm³/mol. The molecule has 0 fully saturated rings. The number of amides is 1. The van der Waals surface area contributed by atoms with Crippen LogP contribution in [-0.4, -0.2) is 28.8 Å². The number of hydrogen-bond donors (Lipinski definition) is 1. The van der Waals surface area contributed by atoms with Gasteiger partial charge in [0.25, 0.3) is 5.91 Å². The molecule has 1 amide bonds. The van der Waals surface area contributed by atoms with Crippen LogP contribution in [0.1, 0.15) is 37.7 Å². The molecule has 0 saturated carbocycles. The van der Waals surface area contributed by atoms with E-state index in [1.54, 1.807) is 29.8 Å². The number of methoxy groups -OCH3 is 1. The van der Waals surface area contributed by atoms with Gasteiger partial charge in [0.15, 0.2) is 0 Å². The third-order valence-corrected chi connectivity index (χ3v) is 4.43. The van der Waals surface area contributed by atoms with Crippen molar-refractivity contribution in [2.24, 2.45) is 0 Å². The number of aromatic nitrogens is 2. The van der Waals surface area contributed by atoms with Crippen molar-refractivity contribution >= 4 is 17.6 Å². The molecular weight excluding hydrogens is 342 g/mol. The molecule has 0 aliphatic rings. The highest BCUT2D eigenvalue weighted by Gasteiger charge is 2.20. The molecule has 0 spiro atoms. The quantitative estimate of drug-likeness (QED) is 0.715. The number of nitrogens with one attached hydrogen (secondary N) is 1. The maximum absolute atomic E-state index is 12.9. The number of esters is 1. The molecule has 0 atom stereocenters. The van der Waals surface area contributed by atoms with Crippen LogP contribution in [0, 0.1) is 20.8 Å². The van der Waals surface area contributed by atoms with Gasteiger partial charge in [0.05, 0.1) is 35.3 Å². The lowest BCUT2D eigenvalue weighted by Gasteiger charge is -2.10. The van der Waals surface area contributed by atoms with E-state index in [1.807, 2.05) is 44.2 Å². The van der Waals surface area contributed by atoms with Gasteiger partial charge in [-0.2, -0.15) is 5.10 Å². The monoisotopic (exact) mass is 363 g/mol. The number of ether oxygens (including phenoxy) is 1. The molecule has 27 heavy (non-hydrogen) atoms. The number of carbonyl (C=O) groups is 2. The first-order valence-corrected chi connectivity index (χ1v) is 8.54. The number of anilines is 1. The molecule has 0 unspecified atom stereocenters. The van der Waals surface area contributed by atoms with Gasteiger partial charge in [0.1, 0.15) is 0 Å². The second-order valence-corrected chi connectivity index (χ2v) is 6.27. The predicted octanol–water partition coefficient (Wildman–Crippen LogP) is 3.84. The summed E-state index contributed by atoms with van der Waals surface area (Å²) in [6.07, 6.45) is 0. The Bertz CT molecular complexity index is 1010. The van der Waals surface area contributed by atoms with Gasteiger partial charge in [-0.25, -0.2) is 9.48 Å². The van der Waals surface area contributed by atoms with E-state index in [2.05, 4.69) is 10.4 Å². The first kappa shape index (κ1) is 18.4. The van der Waals surface area contributed by atoms with Crippen LogP contribution in [0.25, 0.3) is 5.69 Å². The molecule has 0 aliphatic carbocycles. The Kier molecular flexibility index (Phi) is 5.07. The summed E-state index contributed by atoms with van der Waals surface area (Å²) in [6.45, 7) is 5.53. The van der Waals surface area contributed by atoms with E-state index in [0.717, 1.165) is 16.9 Å². The van der Waals surface area contributed by atoms with Crippen molar-refractivity contribution in [2.45, 2.75) is 20.8 Å². The Morgan fingerprint density at radius 1 is 1.04 bits per heavy atom. The molecule has 0 aliphatic heterocycles. The zero-order chi connectivity index (χ0) is 19.6. The molecule has 6 nitrogen and oxygen atoms in total. The van der Waals surface area contributed by atoms with E-state index in [9.17, 15) is 9.59 Å². The van der Waals surface area contributed by atoms with Gasteiger partial charge < -0.3 is 10.1 Å². The Morgan fingerprint density at radius 3 is 2.41 bits per heavy atom. The first-order valence-electron chi connectivity index (χ1n) is 8.54. The Balaban J connectivity index is 1.94. The topological polar surface area (TPSA) is 73.2 Å². The lowest BCUT2D eigenvalue weighted by atomic mass is 10.1. The van der Waals surface area contributed by atoms with E-state index in [1.165, 1.54) is 7.11 Å². The highest BCUT2D eigenvalue weighted by Crippen LogP contribution is 2.22. The number of nitrogens with zero attached hydrogens (tertiary/aromatic N) is 2. The van der Waals surface area contributed by atoms with Crippen LogP contribution in [0.5, 0.6) is 0 Å². The van der Waals surface area contributed by atoms with Gasteiger partial charge in [-0.3, -0.25) is 4.79 Å². The van der Waals surface area contributed by atoms with Crippen LogP contribution in [0.3, 0.4) is 0 Å². The van der Waals surface area contributed by atoms with Gasteiger partial charge in [0, 0.05) is 5.69 Å². The van der Waals surface area contributed by atoms with Crippen LogP contribution in [-0.2, 0) is 4.74 Å². The molecule has 138 valence electrons. The first-order chi connectivity index (χ1) is 12.9. The van der Waals surface area contributed by atoms with Gasteiger partial charge in [-0.15, -0.1) is 0 Å². The summed E-state index contributed by atoms with van der Waals surface area (Å²) in [4.78, 5) is 24.7. The highest BCUT2D eigenvalue weighted by atomic mass is 16.5. The third kappa shape index (κ3) is 3.60. The van der Waals surface area contributed by atoms with Gasteiger partial charge in [-0.1, -0.05) is 24.3 Å². The number of benzene rings is 2. The Labute approximate surface area is 157 Å². The molecule has 0 saturated heterocycles. The van der Waals surface area contributed by atoms with E-state index in [4.69, 9.17) is 4.74 Å². The van der Waals surface area contributed by atoms with Crippen molar-refractivity contribution < 1.29 is 14.3 Å². The van der Waals surface area contributed by atoms with Crippen LogP contribution < -0.4 is 5.32 Å². The van der Waals surface area contributed by atoms with Crippen LogP contribution in [0.2, 0.25) is 0 Å². The molecule has 0 radical (unpaired) electrons. The van der Waals surface area contributed by atoms with E-state index in [0.29, 0.717) is 22.5 Å². The van der Waals surface area contributed by atoms with Crippen molar-refractivity contribution in [3.8, 4) is 5.69 Å². The van der Waals surface area contributed by atoms with Gasteiger partial charge in [-0.05, 0) is 50.6 Å². The summed E-state index contributed by atoms with van der Waals surface area (Å²) in [5.41, 5.74) is 4.58. The maximum Gasteiger partial charge on any atom is 0.337 e. The van der Waals surface area contributed by atoms with Crippen molar-refractivity contribution in [3.63, 3.8) is 0 Å². The van der Waals surface area contributed by atoms with Crippen molar-refractivity contribution in [1.82, 2.24) is 9.78 Å². The second kappa shape index (κ2) is 7.45. The summed E-state index contributed by atoms with van der Waals surface area (Å²) in [5.74, 6) is -0.716. The average molecular weight is 363 g/mol. The smallest absolute Gasteiger partial charge is 0.337 e. The van der Waals surface area contributed by atoms with E-state index < -0.39 is 5.97 Å². The molecule has 0 bridgehead atoms. The largest absolute Gasteiger partial charge is 0.465 e. The van der Waals surface area contributed by atoms with Crippen molar-refractivity contribution in [3.05, 3.63) is 76.6 Å². The van der Waals surface area contributed by atoms with Crippen LogP contribution in [0.4, 0.5) is 5.69 Å². The number of rotatable bonds is 4. The van der Waals surface area contributed by atoms with E-state index >= 15 is 0 Å². The molecule has 1 N–H and O–H groups in total. The molecule has 6 heteroatoms. The average Bonchev–Trinajstić information content (AvgIpc) is 2.97. The minimum absolute atomic E-state index is 0.266. The molecular formula is C21H21N3O3. The van der Waals surface area contributed by atoms with Crippen molar-refractivity contribution in [2.75, 3.05) is 12.4 Å². The zero-order valence-electron chi connectivity index (χ0n) is 15.7. The lowest BCUT2D eigenvalue weighted by Crippen LogP contribution is -2.15. The van der Waals surface area contributed by atoms with Crippen LogP contribution in [0.15, 0.2) is 48.5 Å². The normalized spacial score (nSPS) is 10.5. The van der Waals surface area contributed by atoms with Gasteiger partial charge >= 0.3 is 5.97 Å². The number of aryl methyl sites for hydroxylation is 2.